The van der Waals surface area contributed by atoms with Crippen molar-refractivity contribution < 1.29 is 18.0 Å². The van der Waals surface area contributed by atoms with E-state index < -0.39 is 10.0 Å². The van der Waals surface area contributed by atoms with Gasteiger partial charge in [0.05, 0.1) is 22.5 Å². The molecule has 4 rings (SSSR count). The highest BCUT2D eigenvalue weighted by Crippen LogP contribution is 2.25. The predicted octanol–water partition coefficient (Wildman–Crippen LogP) is 2.91. The monoisotopic (exact) mass is 498 g/mol. The van der Waals surface area contributed by atoms with Crippen molar-refractivity contribution in [3.05, 3.63) is 66.4 Å². The van der Waals surface area contributed by atoms with Gasteiger partial charge in [0.15, 0.2) is 10.9 Å². The molecule has 2 heterocycles. The number of hydrogen-bond acceptors (Lipinski definition) is 6. The van der Waals surface area contributed by atoms with Gasteiger partial charge in [-0.15, -0.1) is 0 Å². The fourth-order valence-electron chi connectivity index (χ4n) is 3.81. The molecule has 0 saturated carbocycles. The molecule has 178 valence electrons. The molecule has 8 nitrogen and oxygen atoms in total. The van der Waals surface area contributed by atoms with E-state index in [9.17, 15) is 18.0 Å². The Morgan fingerprint density at radius 2 is 1.62 bits per heavy atom. The molecule has 1 fully saturated rings. The molecule has 1 amide bonds. The summed E-state index contributed by atoms with van der Waals surface area (Å²) in [5, 5.41) is 0.752. The van der Waals surface area contributed by atoms with Crippen LogP contribution in [-0.4, -0.2) is 70.8 Å². The molecule has 0 bridgehead atoms. The predicted molar refractivity (Wildman–Crippen MR) is 131 cm³/mol. The number of carbonyl (C=O) groups is 2. The Labute approximate surface area is 203 Å². The molecule has 1 aromatic heterocycles. The Bertz CT molecular complexity index is 1280. The van der Waals surface area contributed by atoms with Gasteiger partial charge < -0.3 is 9.47 Å². The zero-order chi connectivity index (χ0) is 24.3. The van der Waals surface area contributed by atoms with E-state index >= 15 is 0 Å². The number of piperazine rings is 1. The van der Waals surface area contributed by atoms with E-state index in [1.165, 1.54) is 47.3 Å². The van der Waals surface area contributed by atoms with Gasteiger partial charge in [-0.1, -0.05) is 54.2 Å². The fraction of sp³-hybridized carbons (Fsp3) is 0.292. The molecule has 1 aliphatic rings. The van der Waals surface area contributed by atoms with Gasteiger partial charge >= 0.3 is 0 Å². The molecule has 0 atom stereocenters. The van der Waals surface area contributed by atoms with Gasteiger partial charge in [-0.3, -0.25) is 9.59 Å². The Morgan fingerprint density at radius 1 is 0.971 bits per heavy atom. The molecule has 3 aromatic rings. The van der Waals surface area contributed by atoms with Crippen LogP contribution in [0.1, 0.15) is 17.3 Å². The number of hydrogen-bond donors (Lipinski definition) is 0. The number of carbonyl (C=O) groups excluding carboxylic acids is 2. The zero-order valence-corrected chi connectivity index (χ0v) is 20.7. The van der Waals surface area contributed by atoms with Crippen LogP contribution in [0.15, 0.2) is 70.8 Å². The van der Waals surface area contributed by atoms with Crippen molar-refractivity contribution >= 4 is 33.5 Å². The summed E-state index contributed by atoms with van der Waals surface area (Å²) in [4.78, 5) is 30.5. The number of Topliss-reactive ketones (excluding diaryl/α,β-unsaturated/α-hetero) is 1. The first-order valence-electron chi connectivity index (χ1n) is 10.9. The molecule has 10 heteroatoms. The number of thioether (sulfide) groups is 1. The molecule has 0 aliphatic carbocycles. The van der Waals surface area contributed by atoms with Crippen LogP contribution < -0.4 is 0 Å². The summed E-state index contributed by atoms with van der Waals surface area (Å²) >= 11 is 1.37. The topological polar surface area (TPSA) is 92.6 Å². The van der Waals surface area contributed by atoms with Gasteiger partial charge in [-0.05, 0) is 24.6 Å². The van der Waals surface area contributed by atoms with E-state index in [0.717, 1.165) is 16.4 Å². The lowest BCUT2D eigenvalue weighted by Crippen LogP contribution is -2.50. The molecule has 0 unspecified atom stereocenters. The van der Waals surface area contributed by atoms with E-state index in [4.69, 9.17) is 0 Å². The summed E-state index contributed by atoms with van der Waals surface area (Å²) < 4.78 is 29.2. The van der Waals surface area contributed by atoms with E-state index in [-0.39, 0.29) is 35.4 Å². The average Bonchev–Trinajstić information content (AvgIpc) is 3.23. The maximum absolute atomic E-state index is 12.9. The van der Waals surface area contributed by atoms with Gasteiger partial charge in [0.1, 0.15) is 0 Å². The van der Waals surface area contributed by atoms with Gasteiger partial charge in [-0.2, -0.15) is 4.31 Å². The number of rotatable bonds is 7. The zero-order valence-electron chi connectivity index (χ0n) is 19.0. The summed E-state index contributed by atoms with van der Waals surface area (Å²) in [6.07, 6.45) is 1.80. The molecule has 2 aromatic carbocycles. The molecular formula is C24H26N4O4S2. The Kier molecular flexibility index (Phi) is 7.20. The molecular weight excluding hydrogens is 472 g/mol. The number of ketones is 1. The lowest BCUT2D eigenvalue weighted by atomic mass is 10.2. The maximum Gasteiger partial charge on any atom is 0.243 e. The van der Waals surface area contributed by atoms with Crippen molar-refractivity contribution in [1.29, 1.82) is 0 Å². The van der Waals surface area contributed by atoms with Crippen LogP contribution in [0.3, 0.4) is 0 Å². The van der Waals surface area contributed by atoms with Crippen molar-refractivity contribution in [3.63, 3.8) is 0 Å². The molecule has 1 aliphatic heterocycles. The second-order valence-corrected chi connectivity index (χ2v) is 10.9. The van der Waals surface area contributed by atoms with Crippen molar-refractivity contribution in [2.75, 3.05) is 31.9 Å². The standard InChI is InChI=1S/C24H26N4O4S2/c1-18(29)19-8-10-21(11-9-19)34(31,32)28-14-12-27(13-15-28)23(30)17-33-24-25-16-22(26(24)2)20-6-4-3-5-7-20/h3-11,16H,12-15,17H2,1-2H3. The third kappa shape index (κ3) is 5.08. The third-order valence-electron chi connectivity index (χ3n) is 5.83. The number of sulfonamides is 1. The minimum Gasteiger partial charge on any atom is -0.339 e. The lowest BCUT2D eigenvalue weighted by molar-refractivity contribution is -0.129. The van der Waals surface area contributed by atoms with Crippen LogP contribution in [-0.2, 0) is 21.9 Å². The van der Waals surface area contributed by atoms with E-state index in [2.05, 4.69) is 4.98 Å². The van der Waals surface area contributed by atoms with Crippen molar-refractivity contribution in [2.24, 2.45) is 7.05 Å². The molecule has 0 radical (unpaired) electrons. The van der Waals surface area contributed by atoms with E-state index in [1.54, 1.807) is 11.1 Å². The highest BCUT2D eigenvalue weighted by molar-refractivity contribution is 7.99. The van der Waals surface area contributed by atoms with E-state index in [0.29, 0.717) is 18.7 Å². The summed E-state index contributed by atoms with van der Waals surface area (Å²) in [7, 11) is -1.75. The molecule has 0 N–H and O–H groups in total. The third-order valence-corrected chi connectivity index (χ3v) is 8.77. The molecule has 34 heavy (non-hydrogen) atoms. The number of imidazole rings is 1. The lowest BCUT2D eigenvalue weighted by Gasteiger charge is -2.34. The van der Waals surface area contributed by atoms with Gasteiger partial charge in [0, 0.05) is 38.8 Å². The van der Waals surface area contributed by atoms with Gasteiger partial charge in [0.25, 0.3) is 0 Å². The molecule has 1 saturated heterocycles. The van der Waals surface area contributed by atoms with Gasteiger partial charge in [-0.25, -0.2) is 13.4 Å². The van der Waals surface area contributed by atoms with Crippen LogP contribution in [0.25, 0.3) is 11.3 Å². The summed E-state index contributed by atoms with van der Waals surface area (Å²) in [6, 6.07) is 15.9. The Hall–Kier alpha value is -2.95. The number of nitrogens with zero attached hydrogens (tertiary/aromatic N) is 4. The normalized spacial score (nSPS) is 14.8. The second-order valence-electron chi connectivity index (χ2n) is 8.01. The van der Waals surface area contributed by atoms with Crippen molar-refractivity contribution in [1.82, 2.24) is 18.8 Å². The van der Waals surface area contributed by atoms with E-state index in [1.807, 2.05) is 41.9 Å². The average molecular weight is 499 g/mol. The van der Waals surface area contributed by atoms with Crippen LogP contribution in [0, 0.1) is 0 Å². The smallest absolute Gasteiger partial charge is 0.243 e. The SMILES string of the molecule is CC(=O)c1ccc(S(=O)(=O)N2CCN(C(=O)CSc3ncc(-c4ccccc4)n3C)CC2)cc1. The number of benzene rings is 2. The van der Waals surface area contributed by atoms with Gasteiger partial charge in [0.2, 0.25) is 15.9 Å². The number of aromatic nitrogens is 2. The fourth-order valence-corrected chi connectivity index (χ4v) is 6.09. The van der Waals surface area contributed by atoms with Crippen molar-refractivity contribution in [3.8, 4) is 11.3 Å². The highest BCUT2D eigenvalue weighted by atomic mass is 32.2. The summed E-state index contributed by atoms with van der Waals surface area (Å²) in [5.41, 5.74) is 2.50. The first-order valence-corrected chi connectivity index (χ1v) is 13.3. The molecule has 0 spiro atoms. The Balaban J connectivity index is 1.32. The Morgan fingerprint density at radius 3 is 2.24 bits per heavy atom. The summed E-state index contributed by atoms with van der Waals surface area (Å²) in [5.74, 6) is 0.0751. The summed E-state index contributed by atoms with van der Waals surface area (Å²) in [6.45, 7) is 2.57. The highest BCUT2D eigenvalue weighted by Gasteiger charge is 2.30. The van der Waals surface area contributed by atoms with Crippen LogP contribution in [0.5, 0.6) is 0 Å². The maximum atomic E-state index is 12.9. The minimum atomic E-state index is -3.67. The first-order chi connectivity index (χ1) is 16.3. The van der Waals surface area contributed by atoms with Crippen LogP contribution in [0.4, 0.5) is 0 Å². The number of amides is 1. The van der Waals surface area contributed by atoms with Crippen LogP contribution in [0.2, 0.25) is 0 Å². The van der Waals surface area contributed by atoms with Crippen molar-refractivity contribution in [2.45, 2.75) is 17.0 Å². The minimum absolute atomic E-state index is 0.0443. The second kappa shape index (κ2) is 10.1. The largest absolute Gasteiger partial charge is 0.339 e. The first kappa shape index (κ1) is 24.2. The van der Waals surface area contributed by atoms with Crippen LogP contribution >= 0.6 is 11.8 Å². The quantitative estimate of drug-likeness (QED) is 0.367.